The van der Waals surface area contributed by atoms with Crippen molar-refractivity contribution < 1.29 is 9.59 Å². The van der Waals surface area contributed by atoms with Crippen LogP contribution in [0.2, 0.25) is 0 Å². The predicted octanol–water partition coefficient (Wildman–Crippen LogP) is -0.295. The number of likely N-dealkylation sites (tertiary alicyclic amines) is 1. The zero-order valence-electron chi connectivity index (χ0n) is 9.67. The van der Waals surface area contributed by atoms with Crippen LogP contribution >= 0.6 is 0 Å². The van der Waals surface area contributed by atoms with Crippen LogP contribution in [0.1, 0.15) is 12.0 Å². The molecule has 2 heterocycles. The number of nitrogens with one attached hydrogen (secondary N) is 1. The van der Waals surface area contributed by atoms with E-state index in [9.17, 15) is 9.59 Å². The highest BCUT2D eigenvalue weighted by Crippen LogP contribution is 2.19. The lowest BCUT2D eigenvalue weighted by molar-refractivity contribution is -0.136. The number of hydrogen-bond acceptors (Lipinski definition) is 6. The normalized spacial score (nSPS) is 18.9. The molecule has 1 saturated heterocycles. The van der Waals surface area contributed by atoms with Gasteiger partial charge in [0.15, 0.2) is 0 Å². The first-order valence-electron chi connectivity index (χ1n) is 5.25. The van der Waals surface area contributed by atoms with Crippen LogP contribution in [0, 0.1) is 11.3 Å². The van der Waals surface area contributed by atoms with Crippen molar-refractivity contribution in [1.29, 1.82) is 5.26 Å². The number of aromatic nitrogens is 1. The van der Waals surface area contributed by atoms with Gasteiger partial charge >= 0.3 is 0 Å². The minimum Gasteiger partial charge on any atom is -0.397 e. The Kier molecular flexibility index (Phi) is 2.85. The number of nitriles is 1. The molecule has 1 aliphatic heterocycles. The molecule has 1 aromatic rings. The number of likely N-dealkylation sites (N-methyl/N-ethyl adjacent to an activating group) is 1. The molecule has 18 heavy (non-hydrogen) atoms. The zero-order chi connectivity index (χ0) is 13.3. The summed E-state index contributed by atoms with van der Waals surface area (Å²) in [6.07, 6.45) is 1.44. The Bertz CT molecular complexity index is 563. The second-order valence-corrected chi connectivity index (χ2v) is 3.97. The molecule has 3 N–H and O–H groups in total. The number of anilines is 2. The highest BCUT2D eigenvalue weighted by atomic mass is 16.2. The van der Waals surface area contributed by atoms with Crippen molar-refractivity contribution >= 4 is 23.3 Å². The first kappa shape index (κ1) is 11.9. The lowest BCUT2D eigenvalue weighted by Crippen LogP contribution is -2.32. The number of imide groups is 1. The number of pyridine rings is 1. The quantitative estimate of drug-likeness (QED) is 0.692. The largest absolute Gasteiger partial charge is 0.397 e. The number of carbonyl (C=O) groups excluding carboxylic acids is 2. The van der Waals surface area contributed by atoms with Crippen molar-refractivity contribution in [3.8, 4) is 6.07 Å². The van der Waals surface area contributed by atoms with Crippen molar-refractivity contribution in [3.63, 3.8) is 0 Å². The SMILES string of the molecule is CN1C(=O)CC(Nc2ncc(N)cc2C#N)C1=O. The number of rotatable bonds is 2. The van der Waals surface area contributed by atoms with Gasteiger partial charge in [-0.3, -0.25) is 14.5 Å². The zero-order valence-corrected chi connectivity index (χ0v) is 9.67. The summed E-state index contributed by atoms with van der Waals surface area (Å²) in [5.74, 6) is -0.331. The molecule has 0 radical (unpaired) electrons. The Morgan fingerprint density at radius 3 is 2.89 bits per heavy atom. The number of carbonyl (C=O) groups is 2. The van der Waals surface area contributed by atoms with E-state index < -0.39 is 6.04 Å². The van der Waals surface area contributed by atoms with E-state index in [1.165, 1.54) is 19.3 Å². The third-order valence-corrected chi connectivity index (χ3v) is 2.72. The maximum Gasteiger partial charge on any atom is 0.251 e. The van der Waals surface area contributed by atoms with Gasteiger partial charge in [-0.25, -0.2) is 4.98 Å². The fraction of sp³-hybridized carbons (Fsp3) is 0.273. The summed E-state index contributed by atoms with van der Waals surface area (Å²) in [7, 11) is 1.42. The van der Waals surface area contributed by atoms with Gasteiger partial charge < -0.3 is 11.1 Å². The highest BCUT2D eigenvalue weighted by molar-refractivity contribution is 6.06. The molecule has 1 aromatic heterocycles. The smallest absolute Gasteiger partial charge is 0.251 e. The van der Waals surface area contributed by atoms with E-state index in [2.05, 4.69) is 10.3 Å². The van der Waals surface area contributed by atoms with Crippen molar-refractivity contribution in [2.45, 2.75) is 12.5 Å². The number of amides is 2. The average molecular weight is 245 g/mol. The molecule has 0 spiro atoms. The van der Waals surface area contributed by atoms with Crippen molar-refractivity contribution in [1.82, 2.24) is 9.88 Å². The van der Waals surface area contributed by atoms with Gasteiger partial charge in [0.1, 0.15) is 17.9 Å². The van der Waals surface area contributed by atoms with Crippen LogP contribution in [0.5, 0.6) is 0 Å². The molecule has 2 amide bonds. The number of hydrogen-bond donors (Lipinski definition) is 2. The van der Waals surface area contributed by atoms with Crippen LogP contribution in [-0.4, -0.2) is 34.8 Å². The van der Waals surface area contributed by atoms with E-state index in [-0.39, 0.29) is 29.6 Å². The number of nitrogens with two attached hydrogens (primary N) is 1. The average Bonchev–Trinajstić information content (AvgIpc) is 2.59. The summed E-state index contributed by atoms with van der Waals surface area (Å²) in [5.41, 5.74) is 6.12. The van der Waals surface area contributed by atoms with Gasteiger partial charge in [-0.2, -0.15) is 5.26 Å². The third kappa shape index (κ3) is 1.96. The Balaban J connectivity index is 2.23. The minimum atomic E-state index is -0.675. The van der Waals surface area contributed by atoms with Crippen molar-refractivity contribution in [2.75, 3.05) is 18.1 Å². The van der Waals surface area contributed by atoms with Gasteiger partial charge in [0, 0.05) is 7.05 Å². The van der Waals surface area contributed by atoms with Crippen LogP contribution in [0.3, 0.4) is 0 Å². The summed E-state index contributed by atoms with van der Waals surface area (Å²) in [5, 5.41) is 11.7. The summed E-state index contributed by atoms with van der Waals surface area (Å²) in [6.45, 7) is 0. The molecule has 7 heteroatoms. The minimum absolute atomic E-state index is 0.0618. The van der Waals surface area contributed by atoms with Crippen LogP contribution in [0.25, 0.3) is 0 Å². The molecular weight excluding hydrogens is 234 g/mol. The molecule has 1 aliphatic rings. The summed E-state index contributed by atoms with van der Waals surface area (Å²) >= 11 is 0. The molecule has 1 fully saturated rings. The third-order valence-electron chi connectivity index (χ3n) is 2.72. The van der Waals surface area contributed by atoms with E-state index in [1.54, 1.807) is 0 Å². The highest BCUT2D eigenvalue weighted by Gasteiger charge is 2.36. The van der Waals surface area contributed by atoms with E-state index in [1.807, 2.05) is 6.07 Å². The van der Waals surface area contributed by atoms with Crippen molar-refractivity contribution in [3.05, 3.63) is 17.8 Å². The molecule has 0 saturated carbocycles. The van der Waals surface area contributed by atoms with Gasteiger partial charge in [-0.15, -0.1) is 0 Å². The Hall–Kier alpha value is -2.62. The molecule has 2 rings (SSSR count). The lowest BCUT2D eigenvalue weighted by Gasteiger charge is -2.12. The molecule has 92 valence electrons. The van der Waals surface area contributed by atoms with E-state index in [4.69, 9.17) is 11.0 Å². The second kappa shape index (κ2) is 4.33. The monoisotopic (exact) mass is 245 g/mol. The fourth-order valence-electron chi connectivity index (χ4n) is 1.71. The van der Waals surface area contributed by atoms with Gasteiger partial charge in [0.05, 0.1) is 23.9 Å². The Morgan fingerprint density at radius 2 is 2.33 bits per heavy atom. The van der Waals surface area contributed by atoms with Gasteiger partial charge in [0.25, 0.3) is 5.91 Å². The van der Waals surface area contributed by atoms with E-state index in [0.717, 1.165) is 4.90 Å². The Morgan fingerprint density at radius 1 is 1.61 bits per heavy atom. The van der Waals surface area contributed by atoms with Gasteiger partial charge in [-0.1, -0.05) is 0 Å². The summed E-state index contributed by atoms with van der Waals surface area (Å²) < 4.78 is 0. The molecule has 0 aliphatic carbocycles. The van der Waals surface area contributed by atoms with Crippen LogP contribution in [0.15, 0.2) is 12.3 Å². The number of nitrogens with zero attached hydrogens (tertiary/aromatic N) is 3. The summed E-state index contributed by atoms with van der Waals surface area (Å²) in [6, 6.07) is 2.72. The molecule has 1 atom stereocenters. The van der Waals surface area contributed by atoms with Crippen LogP contribution in [-0.2, 0) is 9.59 Å². The molecule has 0 bridgehead atoms. The first-order valence-corrected chi connectivity index (χ1v) is 5.25. The van der Waals surface area contributed by atoms with E-state index in [0.29, 0.717) is 5.69 Å². The summed E-state index contributed by atoms with van der Waals surface area (Å²) in [4.78, 5) is 28.1. The molecular formula is C11H11N5O2. The molecule has 0 aromatic carbocycles. The maximum atomic E-state index is 11.7. The van der Waals surface area contributed by atoms with Crippen LogP contribution < -0.4 is 11.1 Å². The predicted molar refractivity (Wildman–Crippen MR) is 63.2 cm³/mol. The topological polar surface area (TPSA) is 112 Å². The standard InChI is InChI=1S/C11H11N5O2/c1-16-9(17)3-8(11(16)18)15-10-6(4-12)2-7(13)5-14-10/h2,5,8H,3,13H2,1H3,(H,14,15). The fourth-order valence-corrected chi connectivity index (χ4v) is 1.71. The number of nitrogen functional groups attached to an aromatic ring is 1. The van der Waals surface area contributed by atoms with Crippen molar-refractivity contribution in [2.24, 2.45) is 0 Å². The lowest BCUT2D eigenvalue weighted by atomic mass is 10.2. The van der Waals surface area contributed by atoms with Gasteiger partial charge in [0.2, 0.25) is 5.91 Å². The maximum absolute atomic E-state index is 11.7. The first-order chi connectivity index (χ1) is 8.52. The molecule has 1 unspecified atom stereocenters. The second-order valence-electron chi connectivity index (χ2n) is 3.97. The van der Waals surface area contributed by atoms with Crippen LogP contribution in [0.4, 0.5) is 11.5 Å². The molecule has 7 nitrogen and oxygen atoms in total. The van der Waals surface area contributed by atoms with E-state index >= 15 is 0 Å². The Labute approximate surface area is 103 Å². The van der Waals surface area contributed by atoms with Gasteiger partial charge in [-0.05, 0) is 6.07 Å².